The fourth-order valence-electron chi connectivity index (χ4n) is 3.01. The highest BCUT2D eigenvalue weighted by Crippen LogP contribution is 2.36. The standard InChI is InChI=1S/C14H26O2S/c17-12-14(7-3-1-2-4-8-14)11-15-10-13-6-5-9-16-13/h13,17H,1-12H2. The van der Waals surface area contributed by atoms with Crippen LogP contribution in [0.2, 0.25) is 0 Å². The fraction of sp³-hybridized carbons (Fsp3) is 1.00. The van der Waals surface area contributed by atoms with Crippen molar-refractivity contribution in [3.05, 3.63) is 0 Å². The van der Waals surface area contributed by atoms with Crippen molar-refractivity contribution in [3.8, 4) is 0 Å². The highest BCUT2D eigenvalue weighted by atomic mass is 32.1. The summed E-state index contributed by atoms with van der Waals surface area (Å²) in [5.41, 5.74) is 0.345. The first-order valence-electron chi connectivity index (χ1n) is 7.15. The molecule has 0 radical (unpaired) electrons. The van der Waals surface area contributed by atoms with Crippen molar-refractivity contribution in [2.24, 2.45) is 5.41 Å². The predicted molar refractivity (Wildman–Crippen MR) is 73.8 cm³/mol. The molecule has 2 fully saturated rings. The summed E-state index contributed by atoms with van der Waals surface area (Å²) in [5.74, 6) is 0.971. The van der Waals surface area contributed by atoms with Gasteiger partial charge in [-0.1, -0.05) is 25.7 Å². The first kappa shape index (κ1) is 13.7. The van der Waals surface area contributed by atoms with Gasteiger partial charge in [-0.25, -0.2) is 0 Å². The van der Waals surface area contributed by atoms with Gasteiger partial charge in [-0.3, -0.25) is 0 Å². The third-order valence-electron chi connectivity index (χ3n) is 4.24. The van der Waals surface area contributed by atoms with E-state index in [2.05, 4.69) is 12.6 Å². The highest BCUT2D eigenvalue weighted by Gasteiger charge is 2.30. The quantitative estimate of drug-likeness (QED) is 0.601. The van der Waals surface area contributed by atoms with Gasteiger partial charge in [0.15, 0.2) is 0 Å². The topological polar surface area (TPSA) is 18.5 Å². The number of hydrogen-bond acceptors (Lipinski definition) is 3. The van der Waals surface area contributed by atoms with Gasteiger partial charge in [0.05, 0.1) is 19.3 Å². The Balaban J connectivity index is 1.73. The second-order valence-electron chi connectivity index (χ2n) is 5.72. The Bertz CT molecular complexity index is 206. The molecule has 0 N–H and O–H groups in total. The molecule has 1 saturated heterocycles. The van der Waals surface area contributed by atoms with Crippen molar-refractivity contribution >= 4 is 12.6 Å². The maximum atomic E-state index is 5.93. The summed E-state index contributed by atoms with van der Waals surface area (Å²) >= 11 is 4.57. The number of ether oxygens (including phenoxy) is 2. The van der Waals surface area contributed by atoms with Crippen LogP contribution in [0, 0.1) is 5.41 Å². The van der Waals surface area contributed by atoms with E-state index in [1.807, 2.05) is 0 Å². The molecular weight excluding hydrogens is 232 g/mol. The van der Waals surface area contributed by atoms with E-state index in [4.69, 9.17) is 9.47 Å². The Morgan fingerprint density at radius 1 is 1.12 bits per heavy atom. The van der Waals surface area contributed by atoms with Crippen LogP contribution >= 0.6 is 12.6 Å². The molecule has 3 heteroatoms. The molecule has 2 aliphatic rings. The molecule has 1 saturated carbocycles. The molecule has 1 unspecified atom stereocenters. The van der Waals surface area contributed by atoms with Crippen molar-refractivity contribution in [2.45, 2.75) is 57.5 Å². The van der Waals surface area contributed by atoms with Crippen molar-refractivity contribution < 1.29 is 9.47 Å². The van der Waals surface area contributed by atoms with Crippen LogP contribution in [0.25, 0.3) is 0 Å². The number of hydrogen-bond donors (Lipinski definition) is 1. The summed E-state index contributed by atoms with van der Waals surface area (Å²) in [4.78, 5) is 0. The van der Waals surface area contributed by atoms with Crippen LogP contribution in [0.15, 0.2) is 0 Å². The lowest BCUT2D eigenvalue weighted by Gasteiger charge is -2.31. The summed E-state index contributed by atoms with van der Waals surface area (Å²) in [6.07, 6.45) is 10.8. The summed E-state index contributed by atoms with van der Waals surface area (Å²) in [7, 11) is 0. The van der Waals surface area contributed by atoms with Crippen molar-refractivity contribution in [1.29, 1.82) is 0 Å². The Hall–Kier alpha value is 0.270. The molecule has 0 amide bonds. The SMILES string of the molecule is SCC1(COCC2CCCO2)CCCCCC1. The van der Waals surface area contributed by atoms with Gasteiger partial charge >= 0.3 is 0 Å². The van der Waals surface area contributed by atoms with Crippen LogP contribution in [-0.4, -0.2) is 31.7 Å². The molecule has 1 atom stereocenters. The first-order chi connectivity index (χ1) is 8.35. The third kappa shape index (κ3) is 4.15. The van der Waals surface area contributed by atoms with Gasteiger partial charge < -0.3 is 9.47 Å². The normalized spacial score (nSPS) is 29.1. The van der Waals surface area contributed by atoms with Crippen LogP contribution in [0.4, 0.5) is 0 Å². The fourth-order valence-corrected chi connectivity index (χ4v) is 3.42. The molecule has 0 bridgehead atoms. The van der Waals surface area contributed by atoms with Gasteiger partial charge in [-0.15, -0.1) is 0 Å². The second-order valence-corrected chi connectivity index (χ2v) is 6.04. The van der Waals surface area contributed by atoms with Gasteiger partial charge in [0, 0.05) is 12.0 Å². The van der Waals surface area contributed by atoms with Gasteiger partial charge in [0.2, 0.25) is 0 Å². The number of rotatable bonds is 5. The molecule has 100 valence electrons. The summed E-state index contributed by atoms with van der Waals surface area (Å²) in [6, 6.07) is 0. The Morgan fingerprint density at radius 3 is 2.47 bits per heavy atom. The van der Waals surface area contributed by atoms with Gasteiger partial charge in [0.25, 0.3) is 0 Å². The van der Waals surface area contributed by atoms with Crippen molar-refractivity contribution in [2.75, 3.05) is 25.6 Å². The molecule has 0 aromatic heterocycles. The average Bonchev–Trinajstić information content (AvgIpc) is 2.75. The van der Waals surface area contributed by atoms with Crippen LogP contribution in [0.1, 0.15) is 51.4 Å². The lowest BCUT2D eigenvalue weighted by Crippen LogP contribution is -2.30. The minimum Gasteiger partial charge on any atom is -0.378 e. The molecule has 17 heavy (non-hydrogen) atoms. The van der Waals surface area contributed by atoms with Crippen molar-refractivity contribution in [1.82, 2.24) is 0 Å². The molecule has 0 aromatic carbocycles. The monoisotopic (exact) mass is 258 g/mol. The average molecular weight is 258 g/mol. The van der Waals surface area contributed by atoms with Crippen LogP contribution < -0.4 is 0 Å². The van der Waals surface area contributed by atoms with E-state index in [0.29, 0.717) is 11.5 Å². The van der Waals surface area contributed by atoms with Crippen LogP contribution in [0.3, 0.4) is 0 Å². The Morgan fingerprint density at radius 2 is 1.88 bits per heavy atom. The Kier molecular flexibility index (Phi) is 5.64. The van der Waals surface area contributed by atoms with Gasteiger partial charge in [-0.05, 0) is 31.4 Å². The Labute approximate surface area is 111 Å². The van der Waals surface area contributed by atoms with E-state index < -0.39 is 0 Å². The van der Waals surface area contributed by atoms with E-state index in [9.17, 15) is 0 Å². The zero-order valence-electron chi connectivity index (χ0n) is 10.8. The molecule has 0 spiro atoms. The minimum atomic E-state index is 0.345. The maximum absolute atomic E-state index is 5.93. The van der Waals surface area contributed by atoms with E-state index in [1.54, 1.807) is 0 Å². The lowest BCUT2D eigenvalue weighted by atomic mass is 9.83. The van der Waals surface area contributed by atoms with Gasteiger partial charge in [-0.2, -0.15) is 12.6 Å². The van der Waals surface area contributed by atoms with Crippen LogP contribution in [-0.2, 0) is 9.47 Å². The van der Waals surface area contributed by atoms with Crippen molar-refractivity contribution in [3.63, 3.8) is 0 Å². The smallest absolute Gasteiger partial charge is 0.0809 e. The molecule has 1 heterocycles. The first-order valence-corrected chi connectivity index (χ1v) is 7.78. The van der Waals surface area contributed by atoms with Gasteiger partial charge in [0.1, 0.15) is 0 Å². The zero-order valence-corrected chi connectivity index (χ0v) is 11.7. The molecule has 1 aliphatic heterocycles. The van der Waals surface area contributed by atoms with Crippen LogP contribution in [0.5, 0.6) is 0 Å². The third-order valence-corrected chi connectivity index (χ3v) is 4.91. The largest absolute Gasteiger partial charge is 0.378 e. The summed E-state index contributed by atoms with van der Waals surface area (Å²) in [5, 5.41) is 0. The second kappa shape index (κ2) is 7.01. The molecule has 0 aromatic rings. The predicted octanol–water partition coefficient (Wildman–Crippen LogP) is 3.45. The summed E-state index contributed by atoms with van der Waals surface area (Å²) in [6.45, 7) is 2.59. The molecular formula is C14H26O2S. The van der Waals surface area contributed by atoms with E-state index >= 15 is 0 Å². The maximum Gasteiger partial charge on any atom is 0.0809 e. The zero-order chi connectivity index (χ0) is 12.0. The molecule has 2 nitrogen and oxygen atoms in total. The summed E-state index contributed by atoms with van der Waals surface area (Å²) < 4.78 is 11.5. The highest BCUT2D eigenvalue weighted by molar-refractivity contribution is 7.80. The van der Waals surface area contributed by atoms with E-state index in [1.165, 1.54) is 51.4 Å². The van der Waals surface area contributed by atoms with E-state index in [-0.39, 0.29) is 0 Å². The minimum absolute atomic E-state index is 0.345. The van der Waals surface area contributed by atoms with E-state index in [0.717, 1.165) is 25.6 Å². The molecule has 2 rings (SSSR count). The lowest BCUT2D eigenvalue weighted by molar-refractivity contribution is -0.0161. The molecule has 1 aliphatic carbocycles. The number of thiol groups is 1.